The second-order valence-corrected chi connectivity index (χ2v) is 10.5. The Bertz CT molecular complexity index is 1180. The van der Waals surface area contributed by atoms with E-state index in [4.69, 9.17) is 5.73 Å². The van der Waals surface area contributed by atoms with Crippen LogP contribution in [0.1, 0.15) is 29.8 Å². The summed E-state index contributed by atoms with van der Waals surface area (Å²) < 4.78 is 29.4. The first-order valence-electron chi connectivity index (χ1n) is 11.8. The van der Waals surface area contributed by atoms with Crippen LogP contribution >= 0.6 is 11.9 Å². The number of primary amides is 1. The highest BCUT2D eigenvalue weighted by Crippen LogP contribution is 2.26. The van der Waals surface area contributed by atoms with Crippen molar-refractivity contribution in [3.05, 3.63) is 77.5 Å². The molecule has 1 aliphatic rings. The third-order valence-electron chi connectivity index (χ3n) is 5.68. The summed E-state index contributed by atoms with van der Waals surface area (Å²) in [6.07, 6.45) is 1.38. The Morgan fingerprint density at radius 3 is 2.33 bits per heavy atom. The van der Waals surface area contributed by atoms with Crippen LogP contribution in [0.15, 0.2) is 54.7 Å². The van der Waals surface area contributed by atoms with Gasteiger partial charge in [0.15, 0.2) is 0 Å². The van der Waals surface area contributed by atoms with Crippen molar-refractivity contribution in [3.8, 4) is 0 Å². The molecule has 10 heteroatoms. The van der Waals surface area contributed by atoms with Gasteiger partial charge in [-0.25, -0.2) is 18.1 Å². The van der Waals surface area contributed by atoms with Crippen LogP contribution in [0.3, 0.4) is 0 Å². The van der Waals surface area contributed by atoms with E-state index in [1.54, 1.807) is 6.07 Å². The third-order valence-corrected chi connectivity index (χ3v) is 6.76. The van der Waals surface area contributed by atoms with Crippen molar-refractivity contribution in [2.75, 3.05) is 41.7 Å². The van der Waals surface area contributed by atoms with Crippen molar-refractivity contribution in [1.82, 2.24) is 9.29 Å². The van der Waals surface area contributed by atoms with Crippen molar-refractivity contribution in [1.29, 1.82) is 0 Å². The zero-order valence-corrected chi connectivity index (χ0v) is 21.1. The van der Waals surface area contributed by atoms with Gasteiger partial charge in [0, 0.05) is 67.7 Å². The summed E-state index contributed by atoms with van der Waals surface area (Å²) in [5.74, 6) is -1.49. The smallest absolute Gasteiger partial charge is 0.252 e. The molecule has 0 bridgehead atoms. The second-order valence-electron chi connectivity index (χ2n) is 8.85. The van der Waals surface area contributed by atoms with E-state index in [9.17, 15) is 13.6 Å². The molecule has 1 saturated heterocycles. The Morgan fingerprint density at radius 1 is 1.06 bits per heavy atom. The lowest BCUT2D eigenvalue weighted by Crippen LogP contribution is -2.43. The second kappa shape index (κ2) is 11.6. The number of benzene rings is 2. The lowest BCUT2D eigenvalue weighted by molar-refractivity contribution is 0.100. The Kier molecular flexibility index (Phi) is 8.27. The number of amides is 1. The van der Waals surface area contributed by atoms with Gasteiger partial charge in [0.2, 0.25) is 0 Å². The normalized spacial score (nSPS) is 14.2. The van der Waals surface area contributed by atoms with Crippen molar-refractivity contribution in [2.45, 2.75) is 25.6 Å². The first kappa shape index (κ1) is 25.7. The van der Waals surface area contributed by atoms with Crippen LogP contribution in [-0.4, -0.2) is 46.6 Å². The van der Waals surface area contributed by atoms with Gasteiger partial charge >= 0.3 is 0 Å². The molecule has 0 atom stereocenters. The predicted octanol–water partition coefficient (Wildman–Crippen LogP) is 4.99. The molecule has 190 valence electrons. The number of nitrogens with one attached hydrogen (secondary N) is 2. The van der Waals surface area contributed by atoms with E-state index in [2.05, 4.69) is 50.8 Å². The molecule has 1 aromatic heterocycles. The van der Waals surface area contributed by atoms with E-state index in [1.807, 2.05) is 24.1 Å². The summed E-state index contributed by atoms with van der Waals surface area (Å²) in [4.78, 5) is 18.5. The Labute approximate surface area is 214 Å². The zero-order chi connectivity index (χ0) is 25.7. The first-order valence-corrected chi connectivity index (χ1v) is 12.6. The molecule has 4 rings (SSSR count). The highest BCUT2D eigenvalue weighted by molar-refractivity contribution is 7.97. The lowest BCUT2D eigenvalue weighted by Gasteiger charge is -2.36. The number of aromatic nitrogens is 1. The maximum atomic E-state index is 13.5. The minimum absolute atomic E-state index is 0.107. The summed E-state index contributed by atoms with van der Waals surface area (Å²) >= 11 is 1.91. The molecule has 36 heavy (non-hydrogen) atoms. The minimum atomic E-state index is -0.668. The van der Waals surface area contributed by atoms with Crippen molar-refractivity contribution >= 4 is 40.7 Å². The molecular formula is C26H30F2N6OS. The van der Waals surface area contributed by atoms with Gasteiger partial charge in [-0.2, -0.15) is 0 Å². The summed E-state index contributed by atoms with van der Waals surface area (Å²) in [6, 6.07) is 13.0. The van der Waals surface area contributed by atoms with Crippen LogP contribution in [-0.2, 0) is 6.54 Å². The van der Waals surface area contributed by atoms with E-state index >= 15 is 0 Å². The van der Waals surface area contributed by atoms with Crippen molar-refractivity contribution < 1.29 is 13.6 Å². The van der Waals surface area contributed by atoms with Gasteiger partial charge in [0.05, 0.1) is 11.3 Å². The summed E-state index contributed by atoms with van der Waals surface area (Å²) in [5.41, 5.74) is 8.48. The van der Waals surface area contributed by atoms with Gasteiger partial charge in [-0.1, -0.05) is 25.8 Å². The zero-order valence-electron chi connectivity index (χ0n) is 20.3. The highest BCUT2D eigenvalue weighted by atomic mass is 32.2. The molecule has 1 fully saturated rings. The SMILES string of the molecule is CC(C)SN1CCN(c2ccc(Nc3cc(NCc4cc(F)cc(F)c4)c(C(N)=O)cn3)cc2)CC1. The van der Waals surface area contributed by atoms with Crippen molar-refractivity contribution in [3.63, 3.8) is 0 Å². The fraction of sp³-hybridized carbons (Fsp3) is 0.308. The van der Waals surface area contributed by atoms with Crippen LogP contribution in [0.2, 0.25) is 0 Å². The van der Waals surface area contributed by atoms with Crippen LogP contribution in [0.25, 0.3) is 0 Å². The molecule has 4 N–H and O–H groups in total. The number of carbonyl (C=O) groups is 1. The van der Waals surface area contributed by atoms with Gasteiger partial charge < -0.3 is 21.3 Å². The number of halogens is 2. The molecule has 2 aromatic carbocycles. The molecule has 0 unspecified atom stereocenters. The largest absolute Gasteiger partial charge is 0.380 e. The van der Waals surface area contributed by atoms with Gasteiger partial charge in [0.25, 0.3) is 5.91 Å². The maximum Gasteiger partial charge on any atom is 0.252 e. The number of hydrogen-bond donors (Lipinski definition) is 3. The minimum Gasteiger partial charge on any atom is -0.380 e. The fourth-order valence-corrected chi connectivity index (χ4v) is 5.00. The molecule has 0 aliphatic carbocycles. The number of rotatable bonds is 9. The van der Waals surface area contributed by atoms with Gasteiger partial charge in [-0.05, 0) is 42.0 Å². The number of anilines is 4. The fourth-order valence-electron chi connectivity index (χ4n) is 4.03. The standard InChI is InChI=1S/C26H30F2N6OS/c1-17(2)36-34-9-7-33(8-10-34)22-5-3-21(4-6-22)32-25-14-24(23(16-31-25)26(29)35)30-15-18-11-19(27)13-20(28)12-18/h3-6,11-14,16-17H,7-10,15H2,1-2H3,(H2,29,35)(H2,30,31,32). The monoisotopic (exact) mass is 512 g/mol. The van der Waals surface area contributed by atoms with E-state index in [-0.39, 0.29) is 12.1 Å². The molecule has 0 spiro atoms. The topological polar surface area (TPSA) is 86.5 Å². The molecular weight excluding hydrogens is 482 g/mol. The molecule has 7 nitrogen and oxygen atoms in total. The third kappa shape index (κ3) is 6.86. The Hall–Kier alpha value is -3.37. The van der Waals surface area contributed by atoms with Gasteiger partial charge in [-0.15, -0.1) is 0 Å². The molecule has 0 saturated carbocycles. The summed E-state index contributed by atoms with van der Waals surface area (Å²) in [7, 11) is 0. The summed E-state index contributed by atoms with van der Waals surface area (Å²) in [6.45, 7) is 8.54. The highest BCUT2D eigenvalue weighted by Gasteiger charge is 2.18. The number of hydrogen-bond acceptors (Lipinski definition) is 7. The maximum absolute atomic E-state index is 13.5. The number of carbonyl (C=O) groups excluding carboxylic acids is 1. The van der Waals surface area contributed by atoms with E-state index in [0.717, 1.165) is 43.6 Å². The molecule has 1 amide bonds. The van der Waals surface area contributed by atoms with Gasteiger partial charge in [-0.3, -0.25) is 4.79 Å². The van der Waals surface area contributed by atoms with Crippen LogP contribution in [0, 0.1) is 11.6 Å². The average molecular weight is 513 g/mol. The first-order chi connectivity index (χ1) is 17.3. The molecule has 2 heterocycles. The van der Waals surface area contributed by atoms with Gasteiger partial charge in [0.1, 0.15) is 17.5 Å². The Morgan fingerprint density at radius 2 is 1.72 bits per heavy atom. The number of pyridine rings is 1. The quantitative estimate of drug-likeness (QED) is 0.348. The predicted molar refractivity (Wildman–Crippen MR) is 143 cm³/mol. The van der Waals surface area contributed by atoms with Crippen LogP contribution in [0.4, 0.5) is 31.7 Å². The van der Waals surface area contributed by atoms with E-state index in [1.165, 1.54) is 18.3 Å². The lowest BCUT2D eigenvalue weighted by atomic mass is 10.1. The molecule has 1 aliphatic heterocycles. The molecule has 0 radical (unpaired) electrons. The average Bonchev–Trinajstić information content (AvgIpc) is 2.83. The number of nitrogens with zero attached hydrogens (tertiary/aromatic N) is 3. The summed E-state index contributed by atoms with van der Waals surface area (Å²) in [5, 5.41) is 6.86. The van der Waals surface area contributed by atoms with E-state index in [0.29, 0.717) is 22.3 Å². The number of piperazine rings is 1. The van der Waals surface area contributed by atoms with Crippen LogP contribution in [0.5, 0.6) is 0 Å². The van der Waals surface area contributed by atoms with Crippen LogP contribution < -0.4 is 21.3 Å². The molecule has 3 aromatic rings. The van der Waals surface area contributed by atoms with Crippen molar-refractivity contribution in [2.24, 2.45) is 5.73 Å². The Balaban J connectivity index is 1.41. The van der Waals surface area contributed by atoms with E-state index < -0.39 is 17.5 Å². The number of nitrogens with two attached hydrogens (primary N) is 1.